The molecule has 29 heavy (non-hydrogen) atoms. The number of benzene rings is 2. The third kappa shape index (κ3) is 5.14. The summed E-state index contributed by atoms with van der Waals surface area (Å²) in [6, 6.07) is 12.2. The van der Waals surface area contributed by atoms with E-state index in [0.29, 0.717) is 16.8 Å². The van der Waals surface area contributed by atoms with E-state index in [4.69, 9.17) is 0 Å². The van der Waals surface area contributed by atoms with Gasteiger partial charge in [-0.05, 0) is 35.5 Å². The minimum Gasteiger partial charge on any atom is -0.320 e. The highest BCUT2D eigenvalue weighted by Gasteiger charge is 2.29. The average Bonchev–Trinajstić information content (AvgIpc) is 3.04. The van der Waals surface area contributed by atoms with E-state index >= 15 is 0 Å². The second kappa shape index (κ2) is 8.24. The van der Waals surface area contributed by atoms with E-state index in [0.717, 1.165) is 10.9 Å². The number of thioether (sulfide) groups is 1. The predicted octanol–water partition coefficient (Wildman–Crippen LogP) is 5.89. The number of alkyl halides is 5. The van der Waals surface area contributed by atoms with Gasteiger partial charge >= 0.3 is 5.51 Å². The number of para-hydroxylation sites is 1. The number of nitrogens with zero attached hydrogens (tertiary/aromatic N) is 2. The summed E-state index contributed by atoms with van der Waals surface area (Å²) < 4.78 is 64.8. The van der Waals surface area contributed by atoms with Crippen LogP contribution in [0.25, 0.3) is 11.1 Å². The first-order chi connectivity index (χ1) is 13.6. The SMILES string of the molecule is Cn1cc(C(F)F)c(C(=O)Nc2ccccc2-c2ccc(SC(F)(F)F)cc2)n1. The normalized spacial score (nSPS) is 11.7. The molecular weight excluding hydrogens is 413 g/mol. The molecule has 1 heterocycles. The Morgan fingerprint density at radius 2 is 1.76 bits per heavy atom. The van der Waals surface area contributed by atoms with Gasteiger partial charge in [0.1, 0.15) is 0 Å². The molecule has 152 valence electrons. The Labute approximate surface area is 166 Å². The lowest BCUT2D eigenvalue weighted by atomic mass is 10.0. The van der Waals surface area contributed by atoms with E-state index in [-0.39, 0.29) is 16.7 Å². The van der Waals surface area contributed by atoms with E-state index in [9.17, 15) is 26.7 Å². The van der Waals surface area contributed by atoms with Crippen molar-refractivity contribution in [2.24, 2.45) is 7.05 Å². The van der Waals surface area contributed by atoms with Crippen molar-refractivity contribution in [2.75, 3.05) is 5.32 Å². The molecule has 0 unspecified atom stereocenters. The molecule has 0 aliphatic rings. The van der Waals surface area contributed by atoms with Gasteiger partial charge < -0.3 is 5.32 Å². The van der Waals surface area contributed by atoms with Crippen molar-refractivity contribution in [3.05, 3.63) is 66.0 Å². The van der Waals surface area contributed by atoms with Gasteiger partial charge in [-0.1, -0.05) is 30.3 Å². The Balaban J connectivity index is 1.87. The standard InChI is InChI=1S/C19H14F5N3OS/c1-27-10-14(17(20)21)16(26-27)18(28)25-15-5-3-2-4-13(15)11-6-8-12(9-7-11)29-19(22,23)24/h2-10,17H,1H3,(H,25,28). The van der Waals surface area contributed by atoms with E-state index in [1.54, 1.807) is 24.3 Å². The van der Waals surface area contributed by atoms with Gasteiger partial charge in [-0.3, -0.25) is 9.48 Å². The van der Waals surface area contributed by atoms with Crippen LogP contribution in [0.4, 0.5) is 27.6 Å². The van der Waals surface area contributed by atoms with Crippen LogP contribution in [0, 0.1) is 0 Å². The lowest BCUT2D eigenvalue weighted by molar-refractivity contribution is -0.0328. The molecule has 0 aliphatic heterocycles. The summed E-state index contributed by atoms with van der Waals surface area (Å²) in [4.78, 5) is 12.5. The number of amides is 1. The average molecular weight is 427 g/mol. The fourth-order valence-corrected chi connectivity index (χ4v) is 3.24. The van der Waals surface area contributed by atoms with Gasteiger partial charge in [0.25, 0.3) is 12.3 Å². The molecule has 0 saturated heterocycles. The van der Waals surface area contributed by atoms with Gasteiger partial charge in [-0.15, -0.1) is 0 Å². The van der Waals surface area contributed by atoms with Gasteiger partial charge in [0.15, 0.2) is 5.69 Å². The topological polar surface area (TPSA) is 46.9 Å². The van der Waals surface area contributed by atoms with Crippen LogP contribution in [0.1, 0.15) is 22.5 Å². The van der Waals surface area contributed by atoms with Gasteiger partial charge in [0.05, 0.1) is 5.56 Å². The Morgan fingerprint density at radius 3 is 2.38 bits per heavy atom. The Morgan fingerprint density at radius 1 is 1.10 bits per heavy atom. The molecule has 0 radical (unpaired) electrons. The van der Waals surface area contributed by atoms with Gasteiger partial charge in [-0.2, -0.15) is 18.3 Å². The lowest BCUT2D eigenvalue weighted by Crippen LogP contribution is -2.15. The molecular formula is C19H14F5N3OS. The summed E-state index contributed by atoms with van der Waals surface area (Å²) >= 11 is -0.228. The molecule has 3 aromatic rings. The van der Waals surface area contributed by atoms with Crippen molar-refractivity contribution in [3.63, 3.8) is 0 Å². The quantitative estimate of drug-likeness (QED) is 0.408. The molecule has 0 saturated carbocycles. The molecule has 0 bridgehead atoms. The van der Waals surface area contributed by atoms with Crippen LogP contribution in [0.15, 0.2) is 59.6 Å². The van der Waals surface area contributed by atoms with E-state index in [2.05, 4.69) is 10.4 Å². The maximum absolute atomic E-state index is 13.1. The van der Waals surface area contributed by atoms with Crippen LogP contribution < -0.4 is 5.32 Å². The fraction of sp³-hybridized carbons (Fsp3) is 0.158. The largest absolute Gasteiger partial charge is 0.446 e. The monoisotopic (exact) mass is 427 g/mol. The molecule has 0 spiro atoms. The molecule has 2 aromatic carbocycles. The maximum Gasteiger partial charge on any atom is 0.446 e. The first kappa shape index (κ1) is 20.8. The van der Waals surface area contributed by atoms with Crippen LogP contribution in [0.2, 0.25) is 0 Å². The third-order valence-electron chi connectivity index (χ3n) is 3.88. The van der Waals surface area contributed by atoms with Crippen LogP contribution in [-0.4, -0.2) is 21.2 Å². The van der Waals surface area contributed by atoms with Crippen molar-refractivity contribution in [3.8, 4) is 11.1 Å². The minimum absolute atomic E-state index is 0.0258. The number of carbonyl (C=O) groups is 1. The van der Waals surface area contributed by atoms with Crippen LogP contribution >= 0.6 is 11.8 Å². The number of anilines is 1. The molecule has 0 fully saturated rings. The molecule has 0 aliphatic carbocycles. The summed E-state index contributed by atoms with van der Waals surface area (Å²) in [5, 5.41) is 6.34. The van der Waals surface area contributed by atoms with Crippen molar-refractivity contribution in [2.45, 2.75) is 16.8 Å². The molecule has 1 aromatic heterocycles. The molecule has 4 nitrogen and oxygen atoms in total. The number of aryl methyl sites for hydroxylation is 1. The Hall–Kier alpha value is -2.88. The summed E-state index contributed by atoms with van der Waals surface area (Å²) in [5.41, 5.74) is -3.87. The maximum atomic E-state index is 13.1. The molecule has 0 atom stereocenters. The summed E-state index contributed by atoms with van der Waals surface area (Å²) in [7, 11) is 1.43. The van der Waals surface area contributed by atoms with Crippen LogP contribution in [-0.2, 0) is 7.05 Å². The van der Waals surface area contributed by atoms with Gasteiger partial charge in [0.2, 0.25) is 0 Å². The number of aromatic nitrogens is 2. The number of hydrogen-bond acceptors (Lipinski definition) is 3. The zero-order valence-electron chi connectivity index (χ0n) is 14.9. The molecule has 1 N–H and O–H groups in total. The Kier molecular flexibility index (Phi) is 5.92. The van der Waals surface area contributed by atoms with Gasteiger partial charge in [0, 0.05) is 29.4 Å². The number of carbonyl (C=O) groups excluding carboxylic acids is 1. The predicted molar refractivity (Wildman–Crippen MR) is 99.9 cm³/mol. The zero-order chi connectivity index (χ0) is 21.2. The molecule has 3 rings (SSSR count). The Bertz CT molecular complexity index is 1020. The van der Waals surface area contributed by atoms with Crippen molar-refractivity contribution < 1.29 is 26.7 Å². The van der Waals surface area contributed by atoms with Gasteiger partial charge in [-0.25, -0.2) is 8.78 Å². The highest BCUT2D eigenvalue weighted by atomic mass is 32.2. The number of nitrogens with one attached hydrogen (secondary N) is 1. The first-order valence-corrected chi connectivity index (χ1v) is 9.04. The number of halogens is 5. The van der Waals surface area contributed by atoms with Crippen LogP contribution in [0.5, 0.6) is 0 Å². The molecule has 1 amide bonds. The number of hydrogen-bond donors (Lipinski definition) is 1. The second-order valence-corrected chi connectivity index (χ2v) is 7.12. The second-order valence-electron chi connectivity index (χ2n) is 5.98. The van der Waals surface area contributed by atoms with Crippen LogP contribution in [0.3, 0.4) is 0 Å². The lowest BCUT2D eigenvalue weighted by Gasteiger charge is -2.12. The minimum atomic E-state index is -4.39. The summed E-state index contributed by atoms with van der Waals surface area (Å²) in [6.45, 7) is 0. The summed E-state index contributed by atoms with van der Waals surface area (Å²) in [5.74, 6) is -0.808. The van der Waals surface area contributed by atoms with Crippen molar-refractivity contribution in [1.29, 1.82) is 0 Å². The smallest absolute Gasteiger partial charge is 0.320 e. The van der Waals surface area contributed by atoms with Crippen molar-refractivity contribution >= 4 is 23.4 Å². The first-order valence-electron chi connectivity index (χ1n) is 8.22. The van der Waals surface area contributed by atoms with Crippen molar-refractivity contribution in [1.82, 2.24) is 9.78 Å². The highest BCUT2D eigenvalue weighted by Crippen LogP contribution is 2.38. The van der Waals surface area contributed by atoms with E-state index in [1.807, 2.05) is 0 Å². The summed E-state index contributed by atoms with van der Waals surface area (Å²) in [6.07, 6.45) is -1.79. The molecule has 10 heteroatoms. The van der Waals surface area contributed by atoms with E-state index < -0.39 is 29.1 Å². The third-order valence-corrected chi connectivity index (χ3v) is 4.62. The number of rotatable bonds is 5. The highest BCUT2D eigenvalue weighted by molar-refractivity contribution is 8.00. The zero-order valence-corrected chi connectivity index (χ0v) is 15.7. The van der Waals surface area contributed by atoms with E-state index in [1.165, 1.54) is 31.3 Å². The fourth-order valence-electron chi connectivity index (χ4n) is 2.70.